The predicted octanol–water partition coefficient (Wildman–Crippen LogP) is 6.39. The highest BCUT2D eigenvalue weighted by Gasteiger charge is 2.51. The van der Waals surface area contributed by atoms with E-state index in [0.717, 1.165) is 50.7 Å². The number of likely N-dealkylation sites (tertiary alicyclic amines) is 1. The van der Waals surface area contributed by atoms with Crippen LogP contribution in [0.5, 0.6) is 0 Å². The van der Waals surface area contributed by atoms with Crippen LogP contribution >= 0.6 is 30.3 Å². The maximum Gasteiger partial charge on any atom is 0.399 e. The summed E-state index contributed by atoms with van der Waals surface area (Å²) >= 11 is 2.45. The quantitative estimate of drug-likeness (QED) is 0.0253. The van der Waals surface area contributed by atoms with E-state index in [2.05, 4.69) is 26.3 Å². The Morgan fingerprint density at radius 3 is 2.10 bits per heavy atom. The van der Waals surface area contributed by atoms with E-state index in [1.807, 2.05) is 68.4 Å². The number of aromatic nitrogens is 1. The first kappa shape index (κ1) is 67.9. The lowest BCUT2D eigenvalue weighted by Crippen LogP contribution is -2.66. The van der Waals surface area contributed by atoms with Crippen LogP contribution in [0.15, 0.2) is 84.4 Å². The Bertz CT molecular complexity index is 3480. The number of thiazole rings is 1. The number of halogens is 2. The fraction of sp³-hybridized carbons (Fsp3) is 0.500. The van der Waals surface area contributed by atoms with Crippen molar-refractivity contribution in [1.82, 2.24) is 45.9 Å². The van der Waals surface area contributed by atoms with E-state index in [4.69, 9.17) is 4.74 Å². The Labute approximate surface area is 523 Å². The van der Waals surface area contributed by atoms with Crippen molar-refractivity contribution >= 4 is 87.6 Å². The summed E-state index contributed by atoms with van der Waals surface area (Å²) in [4.78, 5) is 142. The summed E-state index contributed by atoms with van der Waals surface area (Å²) in [7, 11) is -5.89. The lowest BCUT2D eigenvalue weighted by molar-refractivity contribution is -0.158. The highest BCUT2D eigenvalue weighted by molar-refractivity contribution is 7.52. The third-order valence-electron chi connectivity index (χ3n) is 16.2. The maximum absolute atomic E-state index is 14.9. The molecule has 480 valence electrons. The van der Waals surface area contributed by atoms with Crippen molar-refractivity contribution in [2.75, 3.05) is 52.4 Å². The molecule has 2 aromatic heterocycles. The number of carbonyl (C=O) groups excluding carboxylic acids is 8. The number of benzene rings is 3. The van der Waals surface area contributed by atoms with E-state index < -0.39 is 126 Å². The number of alkyl halides is 2. The molecule has 3 fully saturated rings. The highest BCUT2D eigenvalue weighted by atomic mass is 32.1. The van der Waals surface area contributed by atoms with Crippen LogP contribution < -0.4 is 21.3 Å². The van der Waals surface area contributed by atoms with E-state index in [1.54, 1.807) is 52.0 Å². The number of aliphatic hydroxyl groups excluding tert-OH is 1. The lowest BCUT2D eigenvalue weighted by Gasteiger charge is -2.45. The third-order valence-corrected chi connectivity index (χ3v) is 19.3. The normalized spacial score (nSPS) is 19.5. The van der Waals surface area contributed by atoms with Crippen molar-refractivity contribution in [3.63, 3.8) is 0 Å². The van der Waals surface area contributed by atoms with Crippen LogP contribution in [0.25, 0.3) is 20.5 Å². The van der Waals surface area contributed by atoms with Crippen LogP contribution in [0.2, 0.25) is 0 Å². The molecule has 5 aromatic rings. The van der Waals surface area contributed by atoms with Gasteiger partial charge in [-0.25, -0.2) is 4.98 Å². The van der Waals surface area contributed by atoms with Gasteiger partial charge in [-0.15, -0.1) is 22.7 Å². The summed E-state index contributed by atoms with van der Waals surface area (Å²) in [6.45, 7) is 14.2. The van der Waals surface area contributed by atoms with Gasteiger partial charge in [-0.2, -0.15) is 8.78 Å². The second kappa shape index (κ2) is 28.0. The predicted molar refractivity (Wildman–Crippen MR) is 330 cm³/mol. The van der Waals surface area contributed by atoms with Gasteiger partial charge in [0.15, 0.2) is 0 Å². The number of morpholine rings is 1. The van der Waals surface area contributed by atoms with Gasteiger partial charge >= 0.3 is 13.3 Å². The van der Waals surface area contributed by atoms with Gasteiger partial charge in [-0.3, -0.25) is 42.9 Å². The van der Waals surface area contributed by atoms with E-state index in [0.29, 0.717) is 11.1 Å². The molecule has 3 aromatic carbocycles. The minimum Gasteiger partial charge on any atom is -0.391 e. The van der Waals surface area contributed by atoms with Crippen LogP contribution in [0, 0.1) is 17.8 Å². The van der Waals surface area contributed by atoms with Crippen LogP contribution in [0.1, 0.15) is 125 Å². The van der Waals surface area contributed by atoms with Gasteiger partial charge in [-0.05, 0) is 77.8 Å². The maximum atomic E-state index is 14.9. The smallest absolute Gasteiger partial charge is 0.391 e. The number of nitrogens with one attached hydrogen (secondary N) is 4. The SMILES string of the molecule is Cc1ncsc1-c1ccc(C(C)NC(=O)[C@@H]2C[C@@H](O)CN2C(=O)C(NC(=O)CCCCNC(=O)CC(=O)N2CCN(C(=O)C(NC(=O)c3cc4cc(C(F)(F)P(=O)(O)O)ccc4s3)C(C)(C)C)[C@H](C(=O)N3CCO[C@H](c4ccccc4)C3)C2)C(C)(C)C)cc1. The number of hydrogen-bond acceptors (Lipinski definition) is 14. The van der Waals surface area contributed by atoms with Crippen LogP contribution in [-0.4, -0.2) is 169 Å². The van der Waals surface area contributed by atoms with Gasteiger partial charge in [0, 0.05) is 55.8 Å². The van der Waals surface area contributed by atoms with Crippen molar-refractivity contribution in [1.29, 1.82) is 0 Å². The fourth-order valence-corrected chi connectivity index (χ4v) is 13.4. The molecule has 7 N–H and O–H groups in total. The molecule has 0 bridgehead atoms. The van der Waals surface area contributed by atoms with Gasteiger partial charge in [0.2, 0.25) is 41.4 Å². The second-order valence-corrected chi connectivity index (χ2v) is 28.6. The molecule has 0 radical (unpaired) electrons. The molecule has 3 saturated heterocycles. The van der Waals surface area contributed by atoms with Crippen LogP contribution in [0.4, 0.5) is 8.78 Å². The molecule has 22 nitrogen and oxygen atoms in total. The molecule has 3 aliphatic rings. The Hall–Kier alpha value is -7.06. The number of ether oxygens (including phenoxy) is 1. The Kier molecular flexibility index (Phi) is 21.3. The Morgan fingerprint density at radius 2 is 1.45 bits per heavy atom. The van der Waals surface area contributed by atoms with Gasteiger partial charge in [-0.1, -0.05) is 102 Å². The molecule has 27 heteroatoms. The average Bonchev–Trinajstić information content (AvgIpc) is 1.89. The van der Waals surface area contributed by atoms with Crippen molar-refractivity contribution < 1.29 is 71.3 Å². The monoisotopic (exact) mass is 1290 g/mol. The largest absolute Gasteiger partial charge is 0.399 e. The van der Waals surface area contributed by atoms with Gasteiger partial charge in [0.05, 0.1) is 52.8 Å². The summed E-state index contributed by atoms with van der Waals surface area (Å²) in [5.41, 5.74) is -1.84. The molecule has 0 spiro atoms. The number of carbonyl (C=O) groups is 8. The summed E-state index contributed by atoms with van der Waals surface area (Å²) in [5.74, 6) is -4.52. The number of unbranched alkanes of at least 4 members (excludes halogenated alkanes) is 1. The summed E-state index contributed by atoms with van der Waals surface area (Å²) in [5, 5.41) is 22.2. The number of aryl methyl sites for hydroxylation is 1. The Morgan fingerprint density at radius 1 is 0.775 bits per heavy atom. The number of rotatable bonds is 20. The molecular formula is C62H78F2N9O13PS2. The van der Waals surface area contributed by atoms with Crippen molar-refractivity contribution in [3.05, 3.63) is 112 Å². The first-order valence-electron chi connectivity index (χ1n) is 29.5. The van der Waals surface area contributed by atoms with Gasteiger partial charge < -0.3 is 60.5 Å². The molecule has 3 aliphatic heterocycles. The first-order chi connectivity index (χ1) is 41.8. The van der Waals surface area contributed by atoms with Gasteiger partial charge in [0.1, 0.15) is 36.7 Å². The zero-order valence-corrected chi connectivity index (χ0v) is 53.5. The molecule has 3 unspecified atom stereocenters. The highest BCUT2D eigenvalue weighted by Crippen LogP contribution is 2.59. The van der Waals surface area contributed by atoms with E-state index >= 15 is 0 Å². The fourth-order valence-electron chi connectivity index (χ4n) is 11.1. The number of amides is 8. The molecule has 0 aliphatic carbocycles. The number of fused-ring (bicyclic) bond motifs is 1. The Balaban J connectivity index is 0.860. The molecule has 8 amide bonds. The molecular weight excluding hydrogens is 1210 g/mol. The zero-order chi connectivity index (χ0) is 64.9. The van der Waals surface area contributed by atoms with Crippen LogP contribution in [0.3, 0.4) is 0 Å². The molecule has 5 heterocycles. The molecule has 8 rings (SSSR count). The first-order valence-corrected chi connectivity index (χ1v) is 32.8. The number of β-amino-alcohol motifs (C(OH)–C–C–N with tert-alkyl or cyclic N) is 1. The minimum absolute atomic E-state index is 0.00889. The van der Waals surface area contributed by atoms with Crippen molar-refractivity contribution in [3.8, 4) is 10.4 Å². The number of thiophene rings is 1. The van der Waals surface area contributed by atoms with Gasteiger partial charge in [0.25, 0.3) is 5.91 Å². The number of piperazine rings is 1. The van der Waals surface area contributed by atoms with E-state index in [9.17, 15) is 66.6 Å². The second-order valence-electron chi connectivity index (χ2n) is 25.0. The lowest BCUT2D eigenvalue weighted by atomic mass is 9.85. The topological polar surface area (TPSA) is 298 Å². The van der Waals surface area contributed by atoms with Crippen molar-refractivity contribution in [2.45, 2.75) is 136 Å². The van der Waals surface area contributed by atoms with Crippen molar-refractivity contribution in [2.24, 2.45) is 10.8 Å². The summed E-state index contributed by atoms with van der Waals surface area (Å²) in [6.07, 6.45) is -1.45. The van der Waals surface area contributed by atoms with E-state index in [-0.39, 0.29) is 81.9 Å². The van der Waals surface area contributed by atoms with Crippen LogP contribution in [-0.2, 0) is 48.5 Å². The summed E-state index contributed by atoms with van der Waals surface area (Å²) in [6, 6.07) is 16.3. The summed E-state index contributed by atoms with van der Waals surface area (Å²) < 4.78 is 47.3. The molecule has 0 saturated carbocycles. The molecule has 7 atom stereocenters. The van der Waals surface area contributed by atoms with E-state index in [1.165, 1.54) is 38.2 Å². The minimum atomic E-state index is -5.89. The average molecular weight is 1290 g/mol. The number of aliphatic hydroxyl groups is 1. The molecule has 89 heavy (non-hydrogen) atoms. The standard InChI is InChI=1S/C62H78F2N9O13PS2/c1-36(38-17-19-40(20-18-38)52-37(2)66-35-88-52)67-55(78)44-30-43(74)32-73(44)59(82)53(60(3,4)5)68-49(75)16-12-13-23-65-50(76)31-51(77)70-24-25-72(45(33-70)57(80)71-26-27-86-46(34-71)39-14-10-9-11-15-39)58(81)54(61(6,7)8)69-56(79)48-29-41-28-42(21-22-47(41)89-48)62(63,64)87(83,84)85/h9-11,14-15,17-22,28-29,35-36,43-46,53-54,74H,12-13,16,23-27,30-34H2,1-8H3,(H,65,76)(H,67,78)(H,68,75)(H,69,79)(H2,83,84,85)/t36?,43-,44+,45+,46+,53?,54?/m1/s1. The zero-order valence-electron chi connectivity index (χ0n) is 51.0. The third kappa shape index (κ3) is 16.3. The number of nitrogens with zero attached hydrogens (tertiary/aromatic N) is 5. The number of hydrogen-bond donors (Lipinski definition) is 7.